The second-order valence-corrected chi connectivity index (χ2v) is 5.16. The molecule has 0 radical (unpaired) electrons. The van der Waals surface area contributed by atoms with E-state index in [4.69, 9.17) is 10.2 Å². The number of amides is 1. The number of carboxylic acids is 1. The Bertz CT molecular complexity index is 653. The molecule has 9 nitrogen and oxygen atoms in total. The topological polar surface area (TPSA) is 140 Å². The minimum atomic E-state index is -1.11. The Balaban J connectivity index is 0.00000161. The molecule has 112 valence electrons. The molecule has 10 heteroatoms. The Morgan fingerprint density at radius 2 is 2.29 bits per heavy atom. The second-order valence-electron chi connectivity index (χ2n) is 4.20. The van der Waals surface area contributed by atoms with Crippen LogP contribution in [0.3, 0.4) is 0 Å². The van der Waals surface area contributed by atoms with Crippen LogP contribution in [0.5, 0.6) is 0 Å². The van der Waals surface area contributed by atoms with E-state index in [0.717, 1.165) is 0 Å². The molecule has 1 amide bonds. The van der Waals surface area contributed by atoms with Crippen LogP contribution in [0.1, 0.15) is 5.69 Å². The van der Waals surface area contributed by atoms with E-state index in [0.29, 0.717) is 17.8 Å². The summed E-state index contributed by atoms with van der Waals surface area (Å²) in [6, 6.07) is 0. The fourth-order valence-corrected chi connectivity index (χ4v) is 3.14. The fourth-order valence-electron chi connectivity index (χ4n) is 2.02. The smallest absolute Gasteiger partial charge is 0.353 e. The predicted molar refractivity (Wildman–Crippen MR) is 72.6 cm³/mol. The minimum Gasteiger partial charge on any atom is -0.477 e. The third-order valence-corrected chi connectivity index (χ3v) is 4.02. The number of nitrogens with zero attached hydrogens (tertiary/aromatic N) is 4. The van der Waals surface area contributed by atoms with Gasteiger partial charge in [-0.25, -0.2) is 9.48 Å². The summed E-state index contributed by atoms with van der Waals surface area (Å²) in [5.41, 5.74) is 1.01. The highest BCUT2D eigenvalue weighted by molar-refractivity contribution is 8.03. The Morgan fingerprint density at radius 3 is 2.95 bits per heavy atom. The van der Waals surface area contributed by atoms with Gasteiger partial charge < -0.3 is 15.7 Å². The number of rotatable bonds is 4. The highest BCUT2D eigenvalue weighted by Gasteiger charge is 2.49. The number of carboxylic acid groups (broad SMARTS) is 1. The van der Waals surface area contributed by atoms with Crippen LogP contribution in [0, 0.1) is 0 Å². The van der Waals surface area contributed by atoms with Crippen LogP contribution in [0.4, 0.5) is 0 Å². The largest absolute Gasteiger partial charge is 0.477 e. The lowest BCUT2D eigenvalue weighted by molar-refractivity contribution is -0.141. The molecule has 0 bridgehead atoms. The number of carbonyl (C=O) groups is 2. The first-order chi connectivity index (χ1) is 9.61. The molecular weight excluding hydrogens is 300 g/mol. The van der Waals surface area contributed by atoms with E-state index >= 15 is 0 Å². The Kier molecular flexibility index (Phi) is 4.11. The van der Waals surface area contributed by atoms with Crippen molar-refractivity contribution in [1.29, 1.82) is 0 Å². The number of hydrogen-bond donors (Lipinski definition) is 2. The quantitative estimate of drug-likeness (QED) is 0.518. The van der Waals surface area contributed by atoms with Gasteiger partial charge in [0, 0.05) is 5.41 Å². The summed E-state index contributed by atoms with van der Waals surface area (Å²) in [6.45, 7) is 0.287. The lowest BCUT2D eigenvalue weighted by Crippen LogP contribution is -2.51. The summed E-state index contributed by atoms with van der Waals surface area (Å²) in [5, 5.41) is 26.6. The number of fused-ring (bicyclic) bond motifs is 1. The Hall–Kier alpha value is -2.17. The third kappa shape index (κ3) is 2.44. The maximum absolute atomic E-state index is 11.9. The second kappa shape index (κ2) is 5.68. The average molecular weight is 312 g/mol. The van der Waals surface area contributed by atoms with E-state index in [9.17, 15) is 9.59 Å². The van der Waals surface area contributed by atoms with Gasteiger partial charge in [-0.2, -0.15) is 0 Å². The molecular formula is C11H12N4O5S. The van der Waals surface area contributed by atoms with Crippen LogP contribution in [0.25, 0.3) is 6.08 Å². The van der Waals surface area contributed by atoms with E-state index in [1.807, 2.05) is 0 Å². The first-order valence-electron chi connectivity index (χ1n) is 5.77. The summed E-state index contributed by atoms with van der Waals surface area (Å²) in [4.78, 5) is 24.1. The molecule has 3 heterocycles. The van der Waals surface area contributed by atoms with Crippen LogP contribution < -0.4 is 0 Å². The van der Waals surface area contributed by atoms with E-state index in [1.165, 1.54) is 26.8 Å². The molecule has 0 saturated carbocycles. The summed E-state index contributed by atoms with van der Waals surface area (Å²) in [5.74, 6) is -1.44. The van der Waals surface area contributed by atoms with Crippen LogP contribution in [-0.2, 0) is 16.1 Å². The zero-order valence-electron chi connectivity index (χ0n) is 10.6. The molecule has 1 fully saturated rings. The van der Waals surface area contributed by atoms with Gasteiger partial charge in [-0.15, -0.1) is 16.9 Å². The van der Waals surface area contributed by atoms with Gasteiger partial charge in [0.15, 0.2) is 0 Å². The van der Waals surface area contributed by atoms with Crippen LogP contribution in [0.15, 0.2) is 22.9 Å². The molecule has 4 N–H and O–H groups in total. The molecule has 1 aromatic heterocycles. The maximum atomic E-state index is 11.9. The van der Waals surface area contributed by atoms with Crippen LogP contribution in [0.2, 0.25) is 0 Å². The number of aliphatic carboxylic acids is 1. The lowest BCUT2D eigenvalue weighted by atomic mass is 10.0. The third-order valence-electron chi connectivity index (χ3n) is 2.94. The highest BCUT2D eigenvalue weighted by Crippen LogP contribution is 2.44. The van der Waals surface area contributed by atoms with Crippen molar-refractivity contribution in [3.8, 4) is 0 Å². The standard InChI is InChI=1S/C11H10N4O4S.H2O/c16-2-1-14-4-6(12-13-14)3-7-9(17)15-8(11(18)19)5-20-10(7)15;/h3-5,10,16H,1-2H2,(H,18,19);1H2/b7-3-;/t10-;/m1./s1. The van der Waals surface area contributed by atoms with Gasteiger partial charge in [0.1, 0.15) is 16.8 Å². The molecule has 2 aliphatic rings. The number of aromatic nitrogens is 3. The first-order valence-corrected chi connectivity index (χ1v) is 6.71. The molecule has 0 aliphatic carbocycles. The normalized spacial score (nSPS) is 21.7. The molecule has 2 aliphatic heterocycles. The molecule has 0 aromatic carbocycles. The van der Waals surface area contributed by atoms with Crippen LogP contribution >= 0.6 is 11.8 Å². The zero-order valence-corrected chi connectivity index (χ0v) is 11.4. The monoisotopic (exact) mass is 312 g/mol. The number of β-lactam (4-membered cyclic amide) rings is 1. The van der Waals surface area contributed by atoms with Gasteiger partial charge in [0.25, 0.3) is 5.91 Å². The van der Waals surface area contributed by atoms with Crippen molar-refractivity contribution >= 4 is 29.7 Å². The van der Waals surface area contributed by atoms with Crippen molar-refractivity contribution in [2.45, 2.75) is 11.9 Å². The Morgan fingerprint density at radius 1 is 1.52 bits per heavy atom. The number of aliphatic hydroxyl groups excluding tert-OH is 1. The summed E-state index contributed by atoms with van der Waals surface area (Å²) >= 11 is 1.28. The summed E-state index contributed by atoms with van der Waals surface area (Å²) < 4.78 is 1.47. The number of hydrogen-bond acceptors (Lipinski definition) is 6. The molecule has 1 atom stereocenters. The van der Waals surface area contributed by atoms with E-state index < -0.39 is 5.97 Å². The fraction of sp³-hybridized carbons (Fsp3) is 0.273. The molecule has 0 spiro atoms. The van der Waals surface area contributed by atoms with E-state index in [-0.39, 0.29) is 29.1 Å². The first kappa shape index (κ1) is 15.2. The van der Waals surface area contributed by atoms with E-state index in [1.54, 1.807) is 12.3 Å². The molecule has 21 heavy (non-hydrogen) atoms. The number of aliphatic hydroxyl groups is 1. The van der Waals surface area contributed by atoms with Gasteiger partial charge in [-0.05, 0) is 6.08 Å². The van der Waals surface area contributed by atoms with Crippen molar-refractivity contribution in [3.63, 3.8) is 0 Å². The van der Waals surface area contributed by atoms with Gasteiger partial charge in [-0.3, -0.25) is 9.69 Å². The molecule has 1 aromatic rings. The van der Waals surface area contributed by atoms with Crippen molar-refractivity contribution in [2.24, 2.45) is 0 Å². The number of thioether (sulfide) groups is 1. The van der Waals surface area contributed by atoms with E-state index in [2.05, 4.69) is 10.3 Å². The van der Waals surface area contributed by atoms with Gasteiger partial charge in [0.2, 0.25) is 0 Å². The lowest BCUT2D eigenvalue weighted by Gasteiger charge is -2.36. The molecule has 0 unspecified atom stereocenters. The van der Waals surface area contributed by atoms with Crippen LogP contribution in [-0.4, -0.2) is 59.4 Å². The minimum absolute atomic E-state index is 0. The molecule has 3 rings (SSSR count). The van der Waals surface area contributed by atoms with Crippen molar-refractivity contribution in [2.75, 3.05) is 6.61 Å². The van der Waals surface area contributed by atoms with Gasteiger partial charge in [-0.1, -0.05) is 5.21 Å². The number of carbonyl (C=O) groups excluding carboxylic acids is 1. The Labute approximate surface area is 122 Å². The zero-order chi connectivity index (χ0) is 14.3. The van der Waals surface area contributed by atoms with Gasteiger partial charge >= 0.3 is 5.97 Å². The predicted octanol–water partition coefficient (Wildman–Crippen LogP) is -1.33. The SMILES string of the molecule is O.O=C(O)C1=CS[C@@H]2/C(=C\c3cn(CCO)nn3)C(=O)N12. The summed E-state index contributed by atoms with van der Waals surface area (Å²) in [6.07, 6.45) is 3.21. The summed E-state index contributed by atoms with van der Waals surface area (Å²) in [7, 11) is 0. The highest BCUT2D eigenvalue weighted by atomic mass is 32.2. The van der Waals surface area contributed by atoms with Crippen molar-refractivity contribution in [1.82, 2.24) is 19.9 Å². The van der Waals surface area contributed by atoms with Crippen molar-refractivity contribution < 1.29 is 25.3 Å². The van der Waals surface area contributed by atoms with Crippen molar-refractivity contribution in [3.05, 3.63) is 28.6 Å². The van der Waals surface area contributed by atoms with Gasteiger partial charge in [0.05, 0.1) is 24.9 Å². The maximum Gasteiger partial charge on any atom is 0.353 e. The average Bonchev–Trinajstić information content (AvgIpc) is 3.00. The molecule has 1 saturated heterocycles.